The van der Waals surface area contributed by atoms with E-state index in [0.29, 0.717) is 11.3 Å². The second-order valence-corrected chi connectivity index (χ2v) is 7.08. The van der Waals surface area contributed by atoms with Crippen LogP contribution in [-0.2, 0) is 23.9 Å². The van der Waals surface area contributed by atoms with E-state index in [1.807, 2.05) is 22.9 Å². The van der Waals surface area contributed by atoms with Gasteiger partial charge in [-0.2, -0.15) is 13.2 Å². The number of nitrogens with one attached hydrogen (secondary N) is 1. The van der Waals surface area contributed by atoms with E-state index in [-0.39, 0.29) is 18.9 Å². The topological polar surface area (TPSA) is 42.0 Å². The van der Waals surface area contributed by atoms with Gasteiger partial charge in [0.25, 0.3) is 0 Å². The van der Waals surface area contributed by atoms with Crippen LogP contribution in [0, 0.1) is 0 Å². The van der Waals surface area contributed by atoms with E-state index >= 15 is 0 Å². The Morgan fingerprint density at radius 3 is 2.72 bits per heavy atom. The van der Waals surface area contributed by atoms with Gasteiger partial charge in [-0.1, -0.05) is 18.2 Å². The van der Waals surface area contributed by atoms with Crippen LogP contribution < -0.4 is 5.32 Å². The maximum atomic E-state index is 12.7. The molecule has 2 heterocycles. The van der Waals surface area contributed by atoms with Gasteiger partial charge in [-0.25, -0.2) is 4.98 Å². The van der Waals surface area contributed by atoms with Gasteiger partial charge in [-0.15, -0.1) is 22.7 Å². The summed E-state index contributed by atoms with van der Waals surface area (Å²) in [5.41, 5.74) is 0.329. The molecule has 130 valence electrons. The van der Waals surface area contributed by atoms with Crippen molar-refractivity contribution in [2.45, 2.75) is 19.1 Å². The summed E-state index contributed by atoms with van der Waals surface area (Å²) >= 11 is 3.04. The zero-order valence-electron chi connectivity index (χ0n) is 12.8. The molecule has 0 aliphatic carbocycles. The molecule has 1 aromatic carbocycles. The average molecular weight is 382 g/mol. The molecule has 25 heavy (non-hydrogen) atoms. The predicted octanol–water partition coefficient (Wildman–Crippen LogP) is 4.75. The normalized spacial score (nSPS) is 11.5. The largest absolute Gasteiger partial charge is 0.416 e. The number of hydrogen-bond acceptors (Lipinski definition) is 4. The van der Waals surface area contributed by atoms with Gasteiger partial charge in [0.1, 0.15) is 5.01 Å². The number of carbonyl (C=O) groups is 1. The number of amides is 1. The van der Waals surface area contributed by atoms with Crippen LogP contribution in [0.15, 0.2) is 47.2 Å². The number of thiazole rings is 1. The molecule has 2 aromatic heterocycles. The third-order valence-electron chi connectivity index (χ3n) is 3.37. The number of nitrogens with zero attached hydrogens (tertiary/aromatic N) is 1. The summed E-state index contributed by atoms with van der Waals surface area (Å²) in [6.07, 6.45) is -4.29. The minimum atomic E-state index is -4.39. The van der Waals surface area contributed by atoms with E-state index in [9.17, 15) is 18.0 Å². The number of alkyl halides is 3. The first-order valence-electron chi connectivity index (χ1n) is 7.33. The van der Waals surface area contributed by atoms with Gasteiger partial charge in [-0.05, 0) is 29.1 Å². The Labute approximate surface area is 150 Å². The molecule has 0 atom stereocenters. The minimum Gasteiger partial charge on any atom is -0.352 e. The standard InChI is InChI=1S/C17H13F3N2OS2/c18-17(19,20)12-4-1-3-11(7-12)9-21-15(23)8-13-10-25-16(22-13)14-5-2-6-24-14/h1-7,10H,8-9H2,(H,21,23). The molecule has 0 aliphatic rings. The van der Waals surface area contributed by atoms with E-state index in [1.54, 1.807) is 17.4 Å². The molecule has 0 spiro atoms. The number of carbonyl (C=O) groups excluding carboxylic acids is 1. The van der Waals surface area contributed by atoms with Crippen molar-refractivity contribution in [3.63, 3.8) is 0 Å². The summed E-state index contributed by atoms with van der Waals surface area (Å²) in [4.78, 5) is 17.5. The predicted molar refractivity (Wildman–Crippen MR) is 92.4 cm³/mol. The first-order chi connectivity index (χ1) is 11.9. The lowest BCUT2D eigenvalue weighted by Gasteiger charge is -2.09. The van der Waals surface area contributed by atoms with Crippen LogP contribution in [0.3, 0.4) is 0 Å². The van der Waals surface area contributed by atoms with Crippen LogP contribution in [0.4, 0.5) is 13.2 Å². The first kappa shape index (κ1) is 17.6. The molecular weight excluding hydrogens is 369 g/mol. The number of thiophene rings is 1. The lowest BCUT2D eigenvalue weighted by molar-refractivity contribution is -0.137. The quantitative estimate of drug-likeness (QED) is 0.692. The highest BCUT2D eigenvalue weighted by Gasteiger charge is 2.30. The van der Waals surface area contributed by atoms with Crippen molar-refractivity contribution in [1.29, 1.82) is 0 Å². The van der Waals surface area contributed by atoms with Gasteiger partial charge in [0.15, 0.2) is 0 Å². The molecule has 0 bridgehead atoms. The second-order valence-electron chi connectivity index (χ2n) is 5.27. The molecule has 1 amide bonds. The molecule has 0 aliphatic heterocycles. The van der Waals surface area contributed by atoms with Crippen LogP contribution in [0.2, 0.25) is 0 Å². The van der Waals surface area contributed by atoms with Gasteiger partial charge in [0.2, 0.25) is 5.91 Å². The number of benzene rings is 1. The molecule has 8 heteroatoms. The summed E-state index contributed by atoms with van der Waals surface area (Å²) < 4.78 is 38.0. The molecule has 1 N–H and O–H groups in total. The fourth-order valence-electron chi connectivity index (χ4n) is 2.19. The number of aromatic nitrogens is 1. The lowest BCUT2D eigenvalue weighted by atomic mass is 10.1. The SMILES string of the molecule is O=C(Cc1csc(-c2cccs2)n1)NCc1cccc(C(F)(F)F)c1. The number of hydrogen-bond donors (Lipinski definition) is 1. The third-order valence-corrected chi connectivity index (χ3v) is 5.30. The van der Waals surface area contributed by atoms with Gasteiger partial charge >= 0.3 is 6.18 Å². The molecule has 3 aromatic rings. The van der Waals surface area contributed by atoms with Gasteiger partial charge < -0.3 is 5.32 Å². The van der Waals surface area contributed by atoms with E-state index in [4.69, 9.17) is 0 Å². The number of rotatable bonds is 5. The summed E-state index contributed by atoms with van der Waals surface area (Å²) in [7, 11) is 0. The Morgan fingerprint density at radius 1 is 1.16 bits per heavy atom. The van der Waals surface area contributed by atoms with E-state index in [1.165, 1.54) is 17.4 Å². The minimum absolute atomic E-state index is 0.0463. The highest BCUT2D eigenvalue weighted by atomic mass is 32.1. The average Bonchev–Trinajstić information content (AvgIpc) is 3.23. The van der Waals surface area contributed by atoms with Crippen LogP contribution in [-0.4, -0.2) is 10.9 Å². The maximum Gasteiger partial charge on any atom is 0.416 e. The van der Waals surface area contributed by atoms with E-state index in [0.717, 1.165) is 22.0 Å². The van der Waals surface area contributed by atoms with E-state index in [2.05, 4.69) is 10.3 Å². The summed E-state index contributed by atoms with van der Waals surface area (Å²) in [6.45, 7) is 0.0463. The van der Waals surface area contributed by atoms with Gasteiger partial charge in [0, 0.05) is 11.9 Å². The molecule has 0 radical (unpaired) electrons. The molecular formula is C17H13F3N2OS2. The fraction of sp³-hybridized carbons (Fsp3) is 0.176. The smallest absolute Gasteiger partial charge is 0.352 e. The van der Waals surface area contributed by atoms with Crippen molar-refractivity contribution in [3.05, 3.63) is 64.0 Å². The molecule has 0 saturated heterocycles. The van der Waals surface area contributed by atoms with Crippen LogP contribution in [0.5, 0.6) is 0 Å². The fourth-order valence-corrected chi connectivity index (χ4v) is 3.82. The van der Waals surface area contributed by atoms with Crippen LogP contribution >= 0.6 is 22.7 Å². The van der Waals surface area contributed by atoms with Gasteiger partial charge in [-0.3, -0.25) is 4.79 Å². The van der Waals surface area contributed by atoms with Crippen LogP contribution in [0.1, 0.15) is 16.8 Å². The van der Waals surface area contributed by atoms with Gasteiger partial charge in [0.05, 0.1) is 22.6 Å². The Kier molecular flexibility index (Phi) is 5.19. The van der Waals surface area contributed by atoms with Crippen molar-refractivity contribution >= 4 is 28.6 Å². The summed E-state index contributed by atoms with van der Waals surface area (Å²) in [5.74, 6) is -0.277. The Hall–Kier alpha value is -2.19. The van der Waals surface area contributed by atoms with Crippen LogP contribution in [0.25, 0.3) is 9.88 Å². The van der Waals surface area contributed by atoms with Crippen molar-refractivity contribution in [1.82, 2.24) is 10.3 Å². The molecule has 0 fully saturated rings. The highest BCUT2D eigenvalue weighted by Crippen LogP contribution is 2.30. The molecule has 0 saturated carbocycles. The highest BCUT2D eigenvalue weighted by molar-refractivity contribution is 7.20. The Balaban J connectivity index is 1.57. The molecule has 0 unspecified atom stereocenters. The maximum absolute atomic E-state index is 12.7. The molecule has 3 nitrogen and oxygen atoms in total. The second kappa shape index (κ2) is 7.37. The zero-order chi connectivity index (χ0) is 17.9. The lowest BCUT2D eigenvalue weighted by Crippen LogP contribution is -2.24. The van der Waals surface area contributed by atoms with Crippen molar-refractivity contribution < 1.29 is 18.0 Å². The third kappa shape index (κ3) is 4.67. The zero-order valence-corrected chi connectivity index (χ0v) is 14.5. The number of halogens is 3. The van der Waals surface area contributed by atoms with Crippen molar-refractivity contribution in [2.75, 3.05) is 0 Å². The Morgan fingerprint density at radius 2 is 2.00 bits per heavy atom. The van der Waals surface area contributed by atoms with E-state index < -0.39 is 11.7 Å². The Bertz CT molecular complexity index is 857. The monoisotopic (exact) mass is 382 g/mol. The van der Waals surface area contributed by atoms with Crippen molar-refractivity contribution in [3.8, 4) is 9.88 Å². The van der Waals surface area contributed by atoms with Crippen molar-refractivity contribution in [2.24, 2.45) is 0 Å². The molecule has 3 rings (SSSR count). The summed E-state index contributed by atoms with van der Waals surface area (Å²) in [5, 5.41) is 7.26. The summed E-state index contributed by atoms with van der Waals surface area (Å²) in [6, 6.07) is 8.82. The first-order valence-corrected chi connectivity index (χ1v) is 9.09.